The monoisotopic (exact) mass is 346 g/mol. The fraction of sp³-hybridized carbons (Fsp3) is 0.957. The summed E-state index contributed by atoms with van der Waals surface area (Å²) in [4.78, 5) is 13.1. The molecule has 2 heteroatoms. The number of ether oxygens (including phenoxy) is 1. The second-order valence-corrected chi connectivity index (χ2v) is 11.0. The van der Waals surface area contributed by atoms with Crippen LogP contribution in [0.2, 0.25) is 0 Å². The lowest BCUT2D eigenvalue weighted by Crippen LogP contribution is -2.51. The third kappa shape index (κ3) is 2.86. The van der Waals surface area contributed by atoms with E-state index < -0.39 is 0 Å². The van der Waals surface area contributed by atoms with E-state index in [9.17, 15) is 4.79 Å². The van der Waals surface area contributed by atoms with Crippen LogP contribution < -0.4 is 0 Å². The van der Waals surface area contributed by atoms with Crippen molar-refractivity contribution < 1.29 is 9.53 Å². The van der Waals surface area contributed by atoms with E-state index >= 15 is 0 Å². The summed E-state index contributed by atoms with van der Waals surface area (Å²) in [7, 11) is 0. The van der Waals surface area contributed by atoms with E-state index in [4.69, 9.17) is 4.74 Å². The van der Waals surface area contributed by atoms with Gasteiger partial charge < -0.3 is 4.74 Å². The highest BCUT2D eigenvalue weighted by atomic mass is 16.6. The van der Waals surface area contributed by atoms with Crippen LogP contribution in [0.25, 0.3) is 0 Å². The second-order valence-electron chi connectivity index (χ2n) is 11.0. The first-order chi connectivity index (χ1) is 11.7. The predicted molar refractivity (Wildman–Crippen MR) is 101 cm³/mol. The molecule has 4 bridgehead atoms. The van der Waals surface area contributed by atoms with Crippen molar-refractivity contribution in [1.29, 1.82) is 0 Å². The average molecular weight is 347 g/mol. The van der Waals surface area contributed by atoms with E-state index in [1.54, 1.807) is 0 Å². The van der Waals surface area contributed by atoms with Gasteiger partial charge in [-0.3, -0.25) is 4.79 Å². The summed E-state index contributed by atoms with van der Waals surface area (Å²) in [6, 6.07) is 0. The molecule has 4 aliphatic carbocycles. The molecule has 0 amide bonds. The van der Waals surface area contributed by atoms with E-state index in [0.717, 1.165) is 30.1 Å². The molecule has 0 spiro atoms. The van der Waals surface area contributed by atoms with Gasteiger partial charge in [0, 0.05) is 5.41 Å². The lowest BCUT2D eigenvalue weighted by atomic mass is 9.56. The van der Waals surface area contributed by atoms with Crippen molar-refractivity contribution in [2.24, 2.45) is 46.8 Å². The van der Waals surface area contributed by atoms with Crippen molar-refractivity contribution in [1.82, 2.24) is 0 Å². The molecule has 7 unspecified atom stereocenters. The van der Waals surface area contributed by atoms with Crippen LogP contribution in [0.5, 0.6) is 0 Å². The molecule has 7 atom stereocenters. The Kier molecular flexibility index (Phi) is 4.28. The summed E-state index contributed by atoms with van der Waals surface area (Å²) in [6.07, 6.45) is 10.4. The van der Waals surface area contributed by atoms with Gasteiger partial charge in [0.2, 0.25) is 0 Å². The molecule has 0 aromatic carbocycles. The van der Waals surface area contributed by atoms with Gasteiger partial charge in [0.15, 0.2) is 0 Å². The summed E-state index contributed by atoms with van der Waals surface area (Å²) in [5.74, 6) is 4.81. The number of rotatable bonds is 3. The summed E-state index contributed by atoms with van der Waals surface area (Å²) in [5.41, 5.74) is -0.192. The molecule has 0 radical (unpaired) electrons. The van der Waals surface area contributed by atoms with Crippen LogP contribution in [0.3, 0.4) is 0 Å². The van der Waals surface area contributed by atoms with Crippen molar-refractivity contribution in [3.05, 3.63) is 0 Å². The third-order valence-corrected chi connectivity index (χ3v) is 9.38. The van der Waals surface area contributed by atoms with Gasteiger partial charge in [0.1, 0.15) is 5.60 Å². The molecular formula is C23H38O2. The molecule has 4 fully saturated rings. The number of fused-ring (bicyclic) bond motifs is 4. The summed E-state index contributed by atoms with van der Waals surface area (Å²) < 4.78 is 6.33. The van der Waals surface area contributed by atoms with E-state index in [-0.39, 0.29) is 22.9 Å². The second kappa shape index (κ2) is 5.99. The summed E-state index contributed by atoms with van der Waals surface area (Å²) in [5, 5.41) is 0. The lowest BCUT2D eigenvalue weighted by Gasteiger charge is -2.52. The maximum Gasteiger partial charge on any atom is 0.309 e. The van der Waals surface area contributed by atoms with Gasteiger partial charge in [0.05, 0.1) is 5.92 Å². The van der Waals surface area contributed by atoms with Crippen molar-refractivity contribution >= 4 is 5.97 Å². The SMILES string of the molecule is CC1C2CC(C(=O)OC(C)(C)C3(C)CC4CCCC(C4)C3)C(C2)C1C. The fourth-order valence-corrected chi connectivity index (χ4v) is 7.28. The van der Waals surface area contributed by atoms with Crippen LogP contribution in [0, 0.1) is 46.8 Å². The maximum absolute atomic E-state index is 13.1. The fourth-order valence-electron chi connectivity index (χ4n) is 7.28. The highest BCUT2D eigenvalue weighted by Gasteiger charge is 2.54. The first-order valence-corrected chi connectivity index (χ1v) is 10.9. The Morgan fingerprint density at radius 1 is 1.00 bits per heavy atom. The standard InChI is InChI=1S/C23H38O2/c1-14-15(2)19-10-18(14)11-20(19)21(24)25-22(3,4)23(5)12-16-7-6-8-17(9-16)13-23/h14-20H,6-13H2,1-5H3. The maximum atomic E-state index is 13.1. The van der Waals surface area contributed by atoms with E-state index in [0.29, 0.717) is 11.8 Å². The van der Waals surface area contributed by atoms with Crippen LogP contribution in [-0.4, -0.2) is 11.6 Å². The van der Waals surface area contributed by atoms with Crippen molar-refractivity contribution in [2.75, 3.05) is 0 Å². The zero-order valence-electron chi connectivity index (χ0n) is 17.0. The van der Waals surface area contributed by atoms with Gasteiger partial charge in [-0.25, -0.2) is 0 Å². The van der Waals surface area contributed by atoms with Crippen LogP contribution in [0.4, 0.5) is 0 Å². The number of carbonyl (C=O) groups is 1. The minimum absolute atomic E-state index is 0.119. The Bertz CT molecular complexity index is 522. The number of hydrogen-bond acceptors (Lipinski definition) is 2. The number of carbonyl (C=O) groups excluding carboxylic acids is 1. The van der Waals surface area contributed by atoms with Gasteiger partial charge in [-0.2, -0.15) is 0 Å². The van der Waals surface area contributed by atoms with E-state index in [1.807, 2.05) is 0 Å². The van der Waals surface area contributed by atoms with Gasteiger partial charge in [0.25, 0.3) is 0 Å². The quantitative estimate of drug-likeness (QED) is 0.600. The minimum Gasteiger partial charge on any atom is -0.459 e. The van der Waals surface area contributed by atoms with Crippen molar-refractivity contribution in [2.45, 2.75) is 91.6 Å². The largest absolute Gasteiger partial charge is 0.459 e. The van der Waals surface area contributed by atoms with Gasteiger partial charge >= 0.3 is 5.97 Å². The average Bonchev–Trinajstić information content (AvgIpc) is 3.07. The van der Waals surface area contributed by atoms with Crippen molar-refractivity contribution in [3.8, 4) is 0 Å². The molecule has 0 heterocycles. The van der Waals surface area contributed by atoms with E-state index in [1.165, 1.54) is 44.9 Å². The Labute approximate surface area is 154 Å². The molecule has 25 heavy (non-hydrogen) atoms. The smallest absolute Gasteiger partial charge is 0.309 e. The van der Waals surface area contributed by atoms with Gasteiger partial charge in [-0.05, 0) is 81.5 Å². The predicted octanol–water partition coefficient (Wildman–Crippen LogP) is 5.84. The molecule has 0 aromatic rings. The normalized spacial score (nSPS) is 49.2. The van der Waals surface area contributed by atoms with Crippen LogP contribution >= 0.6 is 0 Å². The zero-order valence-corrected chi connectivity index (χ0v) is 17.0. The minimum atomic E-state index is -0.338. The Morgan fingerprint density at radius 3 is 2.20 bits per heavy atom. The molecule has 4 aliphatic rings. The van der Waals surface area contributed by atoms with Crippen LogP contribution in [0.1, 0.15) is 86.0 Å². The van der Waals surface area contributed by atoms with Gasteiger partial charge in [-0.1, -0.05) is 40.0 Å². The molecule has 0 aliphatic heterocycles. The first-order valence-electron chi connectivity index (χ1n) is 10.9. The van der Waals surface area contributed by atoms with Crippen molar-refractivity contribution in [3.63, 3.8) is 0 Å². The molecule has 4 rings (SSSR count). The highest BCUT2D eigenvalue weighted by molar-refractivity contribution is 5.74. The van der Waals surface area contributed by atoms with Gasteiger partial charge in [-0.15, -0.1) is 0 Å². The summed E-state index contributed by atoms with van der Waals surface area (Å²) in [6.45, 7) is 11.5. The molecule has 0 saturated heterocycles. The molecule has 4 saturated carbocycles. The molecule has 0 N–H and O–H groups in total. The number of hydrogen-bond donors (Lipinski definition) is 0. The highest BCUT2D eigenvalue weighted by Crippen LogP contribution is 2.57. The zero-order chi connectivity index (χ0) is 18.0. The summed E-state index contributed by atoms with van der Waals surface area (Å²) >= 11 is 0. The first kappa shape index (κ1) is 17.9. The lowest BCUT2D eigenvalue weighted by molar-refractivity contribution is -0.185. The molecule has 0 aromatic heterocycles. The molecule has 142 valence electrons. The molecule has 2 nitrogen and oxygen atoms in total. The van der Waals surface area contributed by atoms with Crippen LogP contribution in [0.15, 0.2) is 0 Å². The Morgan fingerprint density at radius 2 is 1.64 bits per heavy atom. The Balaban J connectivity index is 1.45. The topological polar surface area (TPSA) is 26.3 Å². The van der Waals surface area contributed by atoms with Crippen LogP contribution in [-0.2, 0) is 9.53 Å². The third-order valence-electron chi connectivity index (χ3n) is 9.38. The number of esters is 1. The molecular weight excluding hydrogens is 308 g/mol. The Hall–Kier alpha value is -0.530. The van der Waals surface area contributed by atoms with E-state index in [2.05, 4.69) is 34.6 Å².